The van der Waals surface area contributed by atoms with E-state index in [2.05, 4.69) is 5.32 Å². The fourth-order valence-electron chi connectivity index (χ4n) is 1.93. The Morgan fingerprint density at radius 2 is 1.78 bits per heavy atom. The summed E-state index contributed by atoms with van der Waals surface area (Å²) in [6.45, 7) is 3.10. The van der Waals surface area contributed by atoms with Crippen LogP contribution in [-0.2, 0) is 20.7 Å². The molecule has 0 radical (unpaired) electrons. The van der Waals surface area contributed by atoms with E-state index < -0.39 is 5.97 Å². The molecule has 1 N–H and O–H groups in total. The third-order valence-electron chi connectivity index (χ3n) is 3.00. The van der Waals surface area contributed by atoms with Gasteiger partial charge in [-0.15, -0.1) is 11.3 Å². The van der Waals surface area contributed by atoms with Gasteiger partial charge in [-0.25, -0.2) is 0 Å². The smallest absolute Gasteiger partial charge is 0.310 e. The van der Waals surface area contributed by atoms with Crippen LogP contribution in [0.2, 0.25) is 0 Å². The Labute approximate surface area is 138 Å². The standard InChI is InChI=1S/C17H17NO4S/c1-11-3-8-16(23-11)15(20)10-22-17(21)9-13-4-6-14(7-5-13)18-12(2)19/h3-8H,9-10H2,1-2H3,(H,18,19). The maximum absolute atomic E-state index is 11.9. The van der Waals surface area contributed by atoms with Gasteiger partial charge in [0.2, 0.25) is 11.7 Å². The first-order chi connectivity index (χ1) is 10.9. The van der Waals surface area contributed by atoms with Crippen LogP contribution in [0.1, 0.15) is 27.0 Å². The maximum atomic E-state index is 11.9. The van der Waals surface area contributed by atoms with E-state index in [9.17, 15) is 14.4 Å². The van der Waals surface area contributed by atoms with Crippen molar-refractivity contribution in [3.05, 3.63) is 51.7 Å². The number of anilines is 1. The van der Waals surface area contributed by atoms with Crippen LogP contribution in [0.25, 0.3) is 0 Å². The molecule has 0 spiro atoms. The van der Waals surface area contributed by atoms with Gasteiger partial charge in [0, 0.05) is 17.5 Å². The van der Waals surface area contributed by atoms with Crippen molar-refractivity contribution < 1.29 is 19.1 Å². The molecule has 0 unspecified atom stereocenters. The number of thiophene rings is 1. The van der Waals surface area contributed by atoms with Crippen LogP contribution in [0.3, 0.4) is 0 Å². The summed E-state index contributed by atoms with van der Waals surface area (Å²) in [6, 6.07) is 10.5. The van der Waals surface area contributed by atoms with Crippen molar-refractivity contribution in [2.24, 2.45) is 0 Å². The zero-order valence-electron chi connectivity index (χ0n) is 12.9. The van der Waals surface area contributed by atoms with Crippen molar-refractivity contribution in [2.75, 3.05) is 11.9 Å². The number of rotatable bonds is 6. The molecule has 1 aromatic heterocycles. The Bertz CT molecular complexity index is 718. The summed E-state index contributed by atoms with van der Waals surface area (Å²) in [5, 5.41) is 2.65. The molecular weight excluding hydrogens is 314 g/mol. The molecule has 1 aromatic carbocycles. The summed E-state index contributed by atoms with van der Waals surface area (Å²) < 4.78 is 5.01. The number of ether oxygens (including phenoxy) is 1. The molecule has 0 aliphatic heterocycles. The number of amides is 1. The molecule has 0 bridgehead atoms. The minimum atomic E-state index is -0.459. The minimum Gasteiger partial charge on any atom is -0.457 e. The number of hydrogen-bond acceptors (Lipinski definition) is 5. The van der Waals surface area contributed by atoms with Crippen LogP contribution >= 0.6 is 11.3 Å². The monoisotopic (exact) mass is 331 g/mol. The van der Waals surface area contributed by atoms with Crippen LogP contribution in [0.5, 0.6) is 0 Å². The second kappa shape index (κ2) is 7.69. The van der Waals surface area contributed by atoms with Gasteiger partial charge in [0.15, 0.2) is 6.61 Å². The van der Waals surface area contributed by atoms with Gasteiger partial charge in [-0.1, -0.05) is 12.1 Å². The number of ketones is 1. The topological polar surface area (TPSA) is 72.5 Å². The van der Waals surface area contributed by atoms with Crippen LogP contribution < -0.4 is 5.32 Å². The van der Waals surface area contributed by atoms with E-state index in [4.69, 9.17) is 4.74 Å². The number of hydrogen-bond donors (Lipinski definition) is 1. The molecule has 1 heterocycles. The Kier molecular flexibility index (Phi) is 5.65. The fourth-order valence-corrected chi connectivity index (χ4v) is 2.72. The number of benzene rings is 1. The first-order valence-electron chi connectivity index (χ1n) is 7.06. The lowest BCUT2D eigenvalue weighted by Gasteiger charge is -2.05. The van der Waals surface area contributed by atoms with Crippen molar-refractivity contribution in [1.82, 2.24) is 0 Å². The van der Waals surface area contributed by atoms with Gasteiger partial charge in [0.25, 0.3) is 0 Å². The molecule has 0 aliphatic rings. The Hall–Kier alpha value is -2.47. The number of esters is 1. The molecule has 1 amide bonds. The SMILES string of the molecule is CC(=O)Nc1ccc(CC(=O)OCC(=O)c2ccc(C)s2)cc1. The predicted molar refractivity (Wildman–Crippen MR) is 88.8 cm³/mol. The molecular formula is C17H17NO4S. The Morgan fingerprint density at radius 1 is 1.09 bits per heavy atom. The lowest BCUT2D eigenvalue weighted by Crippen LogP contribution is -2.15. The summed E-state index contributed by atoms with van der Waals surface area (Å²) in [7, 11) is 0. The van der Waals surface area contributed by atoms with Crippen molar-refractivity contribution >= 4 is 34.7 Å². The second-order valence-electron chi connectivity index (χ2n) is 5.05. The minimum absolute atomic E-state index is 0.0805. The highest BCUT2D eigenvalue weighted by Crippen LogP contribution is 2.16. The van der Waals surface area contributed by atoms with Gasteiger partial charge in [-0.2, -0.15) is 0 Å². The maximum Gasteiger partial charge on any atom is 0.310 e. The van der Waals surface area contributed by atoms with Crippen LogP contribution in [-0.4, -0.2) is 24.3 Å². The fraction of sp³-hybridized carbons (Fsp3) is 0.235. The lowest BCUT2D eigenvalue weighted by atomic mass is 10.1. The van der Waals surface area contributed by atoms with E-state index >= 15 is 0 Å². The van der Waals surface area contributed by atoms with Crippen molar-refractivity contribution in [3.63, 3.8) is 0 Å². The first-order valence-corrected chi connectivity index (χ1v) is 7.87. The number of carbonyl (C=O) groups is 3. The Balaban J connectivity index is 1.82. The van der Waals surface area contributed by atoms with Gasteiger partial charge in [-0.05, 0) is 36.8 Å². The molecule has 6 heteroatoms. The highest BCUT2D eigenvalue weighted by atomic mass is 32.1. The number of nitrogens with one attached hydrogen (secondary N) is 1. The van der Waals surface area contributed by atoms with Gasteiger partial charge in [0.1, 0.15) is 0 Å². The zero-order chi connectivity index (χ0) is 16.8. The molecule has 0 saturated carbocycles. The lowest BCUT2D eigenvalue weighted by molar-refractivity contribution is -0.141. The molecule has 0 saturated heterocycles. The van der Waals surface area contributed by atoms with E-state index in [1.54, 1.807) is 30.3 Å². The zero-order valence-corrected chi connectivity index (χ0v) is 13.7. The summed E-state index contributed by atoms with van der Waals surface area (Å²) in [5.41, 5.74) is 1.42. The number of aryl methyl sites for hydroxylation is 1. The van der Waals surface area contributed by atoms with Crippen molar-refractivity contribution in [2.45, 2.75) is 20.3 Å². The van der Waals surface area contributed by atoms with Gasteiger partial charge in [0.05, 0.1) is 11.3 Å². The van der Waals surface area contributed by atoms with E-state index in [1.807, 2.05) is 13.0 Å². The predicted octanol–water partition coefficient (Wildman–Crippen LogP) is 2.98. The molecule has 120 valence electrons. The van der Waals surface area contributed by atoms with Gasteiger partial charge >= 0.3 is 5.97 Å². The summed E-state index contributed by atoms with van der Waals surface area (Å²) >= 11 is 1.38. The number of carbonyl (C=O) groups excluding carboxylic acids is 3. The van der Waals surface area contributed by atoms with Gasteiger partial charge in [-0.3, -0.25) is 14.4 Å². The van der Waals surface area contributed by atoms with E-state index in [1.165, 1.54) is 18.3 Å². The first kappa shape index (κ1) is 16.9. The molecule has 5 nitrogen and oxygen atoms in total. The molecule has 0 aliphatic carbocycles. The average Bonchev–Trinajstić information content (AvgIpc) is 2.93. The van der Waals surface area contributed by atoms with Gasteiger partial charge < -0.3 is 10.1 Å². The Morgan fingerprint density at radius 3 is 2.35 bits per heavy atom. The molecule has 2 aromatic rings. The highest BCUT2D eigenvalue weighted by Gasteiger charge is 2.12. The van der Waals surface area contributed by atoms with Crippen molar-refractivity contribution in [3.8, 4) is 0 Å². The third-order valence-corrected chi connectivity index (χ3v) is 4.04. The number of Topliss-reactive ketones (excluding diaryl/α,β-unsaturated/α-hetero) is 1. The molecule has 0 atom stereocenters. The average molecular weight is 331 g/mol. The quantitative estimate of drug-likeness (QED) is 0.652. The largest absolute Gasteiger partial charge is 0.457 e. The molecule has 2 rings (SSSR count). The molecule has 0 fully saturated rings. The normalized spacial score (nSPS) is 10.2. The highest BCUT2D eigenvalue weighted by molar-refractivity contribution is 7.14. The van der Waals surface area contributed by atoms with Crippen LogP contribution in [0, 0.1) is 6.92 Å². The van der Waals surface area contributed by atoms with E-state index in [-0.39, 0.29) is 24.7 Å². The van der Waals surface area contributed by atoms with E-state index in [0.29, 0.717) is 10.6 Å². The summed E-state index contributed by atoms with van der Waals surface area (Å²) in [4.78, 5) is 36.2. The van der Waals surface area contributed by atoms with Crippen LogP contribution in [0.15, 0.2) is 36.4 Å². The summed E-state index contributed by atoms with van der Waals surface area (Å²) in [5.74, 6) is -0.809. The van der Waals surface area contributed by atoms with E-state index in [0.717, 1.165) is 10.4 Å². The summed E-state index contributed by atoms with van der Waals surface area (Å²) in [6.07, 6.45) is 0.0805. The second-order valence-corrected chi connectivity index (χ2v) is 6.34. The van der Waals surface area contributed by atoms with Crippen LogP contribution in [0.4, 0.5) is 5.69 Å². The van der Waals surface area contributed by atoms with Crippen molar-refractivity contribution in [1.29, 1.82) is 0 Å². The third kappa shape index (κ3) is 5.34. The molecule has 23 heavy (non-hydrogen) atoms.